The summed E-state index contributed by atoms with van der Waals surface area (Å²) in [6, 6.07) is 17.3. The number of benzene rings is 2. The number of likely N-dealkylation sites (tertiary alicyclic amines) is 1. The molecule has 2 aliphatic rings. The molecule has 1 aliphatic carbocycles. The van der Waals surface area contributed by atoms with Crippen LogP contribution in [0.2, 0.25) is 0 Å². The third-order valence-electron chi connectivity index (χ3n) is 6.53. The third-order valence-corrected chi connectivity index (χ3v) is 6.53. The van der Waals surface area contributed by atoms with Gasteiger partial charge < -0.3 is 14.6 Å². The number of rotatable bonds is 2. The average Bonchev–Trinajstić information content (AvgIpc) is 3.06. The highest BCUT2D eigenvalue weighted by molar-refractivity contribution is 5.87. The van der Waals surface area contributed by atoms with Gasteiger partial charge in [0.2, 0.25) is 5.91 Å². The van der Waals surface area contributed by atoms with E-state index in [1.165, 1.54) is 27.7 Å². The number of para-hydroxylation sites is 1. The Morgan fingerprint density at radius 2 is 2.07 bits per heavy atom. The van der Waals surface area contributed by atoms with Gasteiger partial charge in [0.05, 0.1) is 7.11 Å². The van der Waals surface area contributed by atoms with E-state index in [2.05, 4.69) is 52.3 Å². The van der Waals surface area contributed by atoms with Crippen LogP contribution < -0.4 is 4.74 Å². The number of methoxy groups -OCH3 is 1. The summed E-state index contributed by atoms with van der Waals surface area (Å²) in [5.74, 6) is 1.07. The largest absolute Gasteiger partial charge is 0.497 e. The van der Waals surface area contributed by atoms with Gasteiger partial charge in [-0.25, -0.2) is 0 Å². The van der Waals surface area contributed by atoms with Crippen molar-refractivity contribution in [2.45, 2.75) is 37.6 Å². The molecule has 4 heteroatoms. The summed E-state index contributed by atoms with van der Waals surface area (Å²) in [6.07, 6.45) is 2.80. The minimum Gasteiger partial charge on any atom is -0.497 e. The van der Waals surface area contributed by atoms with Crippen LogP contribution in [-0.4, -0.2) is 35.5 Å². The molecule has 0 saturated carbocycles. The van der Waals surface area contributed by atoms with Gasteiger partial charge in [0.1, 0.15) is 5.75 Å². The fourth-order valence-corrected chi connectivity index (χ4v) is 5.39. The number of nitrogens with zero attached hydrogens (tertiary/aromatic N) is 1. The average molecular weight is 360 g/mol. The van der Waals surface area contributed by atoms with Gasteiger partial charge in [-0.2, -0.15) is 0 Å². The zero-order valence-corrected chi connectivity index (χ0v) is 15.8. The predicted octanol–water partition coefficient (Wildman–Crippen LogP) is 4.03. The Kier molecular flexibility index (Phi) is 3.58. The second kappa shape index (κ2) is 5.88. The maximum Gasteiger partial charge on any atom is 0.219 e. The molecule has 138 valence electrons. The van der Waals surface area contributed by atoms with E-state index in [4.69, 9.17) is 4.74 Å². The molecule has 3 aromatic rings. The van der Waals surface area contributed by atoms with Crippen molar-refractivity contribution < 1.29 is 9.53 Å². The number of carbonyl (C=O) groups excluding carboxylic acids is 1. The predicted molar refractivity (Wildman–Crippen MR) is 106 cm³/mol. The molecule has 2 heterocycles. The molecule has 2 aromatic carbocycles. The van der Waals surface area contributed by atoms with E-state index in [0.29, 0.717) is 0 Å². The number of hydrogen-bond donors (Lipinski definition) is 1. The smallest absolute Gasteiger partial charge is 0.219 e. The van der Waals surface area contributed by atoms with Crippen molar-refractivity contribution in [3.05, 3.63) is 65.4 Å². The van der Waals surface area contributed by atoms with E-state index in [9.17, 15) is 4.79 Å². The van der Waals surface area contributed by atoms with E-state index in [1.54, 1.807) is 14.0 Å². The Morgan fingerprint density at radius 3 is 2.89 bits per heavy atom. The van der Waals surface area contributed by atoms with Crippen molar-refractivity contribution in [1.29, 1.82) is 0 Å². The van der Waals surface area contributed by atoms with Crippen molar-refractivity contribution in [3.63, 3.8) is 0 Å². The Labute approximate surface area is 159 Å². The lowest BCUT2D eigenvalue weighted by molar-refractivity contribution is -0.133. The Morgan fingerprint density at radius 1 is 1.22 bits per heavy atom. The summed E-state index contributed by atoms with van der Waals surface area (Å²) < 4.78 is 5.52. The number of hydrogen-bond acceptors (Lipinski definition) is 2. The Bertz CT molecular complexity index is 1040. The van der Waals surface area contributed by atoms with Crippen LogP contribution >= 0.6 is 0 Å². The topological polar surface area (TPSA) is 45.3 Å². The molecule has 27 heavy (non-hydrogen) atoms. The van der Waals surface area contributed by atoms with Crippen LogP contribution in [0.3, 0.4) is 0 Å². The molecular formula is C23H24N2O2. The molecule has 5 rings (SSSR count). The summed E-state index contributed by atoms with van der Waals surface area (Å²) in [4.78, 5) is 17.9. The molecule has 0 spiro atoms. The second-order valence-electron chi connectivity index (χ2n) is 7.86. The molecule has 2 atom stereocenters. The summed E-state index contributed by atoms with van der Waals surface area (Å²) in [7, 11) is 1.72. The zero-order valence-electron chi connectivity index (χ0n) is 15.8. The van der Waals surface area contributed by atoms with Crippen LogP contribution in [0, 0.1) is 0 Å². The third kappa shape index (κ3) is 2.32. The lowest BCUT2D eigenvalue weighted by Crippen LogP contribution is -2.54. The molecule has 1 amide bonds. The molecule has 1 aliphatic heterocycles. The van der Waals surface area contributed by atoms with Crippen LogP contribution in [0.5, 0.6) is 5.75 Å². The number of aromatic nitrogens is 1. The molecule has 0 unspecified atom stereocenters. The summed E-state index contributed by atoms with van der Waals surface area (Å²) in [6.45, 7) is 2.50. The number of nitrogens with one attached hydrogen (secondary N) is 1. The highest BCUT2D eigenvalue weighted by Gasteiger charge is 2.49. The van der Waals surface area contributed by atoms with Crippen molar-refractivity contribution in [2.24, 2.45) is 0 Å². The highest BCUT2D eigenvalue weighted by Crippen LogP contribution is 2.52. The number of ether oxygens (including phenoxy) is 1. The van der Waals surface area contributed by atoms with Gasteiger partial charge in [0, 0.05) is 47.9 Å². The number of amides is 1. The second-order valence-corrected chi connectivity index (χ2v) is 7.86. The zero-order chi connectivity index (χ0) is 18.6. The normalized spacial score (nSPS) is 23.9. The molecule has 4 nitrogen and oxygen atoms in total. The first-order valence-electron chi connectivity index (χ1n) is 9.64. The van der Waals surface area contributed by atoms with E-state index < -0.39 is 0 Å². The Hall–Kier alpha value is -2.75. The van der Waals surface area contributed by atoms with Gasteiger partial charge in [-0.3, -0.25) is 4.79 Å². The molecular weight excluding hydrogens is 336 g/mol. The number of aromatic amines is 1. The van der Waals surface area contributed by atoms with Gasteiger partial charge >= 0.3 is 0 Å². The number of piperidine rings is 1. The monoisotopic (exact) mass is 360 g/mol. The lowest BCUT2D eigenvalue weighted by Gasteiger charge is -2.50. The van der Waals surface area contributed by atoms with Crippen LogP contribution in [0.4, 0.5) is 0 Å². The summed E-state index contributed by atoms with van der Waals surface area (Å²) in [5.41, 5.74) is 5.10. The first-order chi connectivity index (χ1) is 13.1. The summed E-state index contributed by atoms with van der Waals surface area (Å²) >= 11 is 0. The van der Waals surface area contributed by atoms with Gasteiger partial charge in [0.25, 0.3) is 0 Å². The van der Waals surface area contributed by atoms with Crippen LogP contribution in [0.25, 0.3) is 10.9 Å². The van der Waals surface area contributed by atoms with Crippen molar-refractivity contribution in [2.75, 3.05) is 13.7 Å². The first kappa shape index (κ1) is 16.4. The fourth-order valence-electron chi connectivity index (χ4n) is 5.39. The van der Waals surface area contributed by atoms with Gasteiger partial charge in [0.15, 0.2) is 0 Å². The number of fused-ring (bicyclic) bond motifs is 6. The van der Waals surface area contributed by atoms with E-state index in [0.717, 1.165) is 31.6 Å². The van der Waals surface area contributed by atoms with Gasteiger partial charge in [-0.05, 0) is 42.2 Å². The number of H-pyrrole nitrogens is 1. The quantitative estimate of drug-likeness (QED) is 0.750. The lowest BCUT2D eigenvalue weighted by atomic mass is 9.61. The van der Waals surface area contributed by atoms with Crippen molar-refractivity contribution in [3.8, 4) is 5.75 Å². The molecule has 0 radical (unpaired) electrons. The minimum atomic E-state index is -0.0850. The standard InChI is InChI=1S/C23H24N2O2/c1-15(26)25-11-10-23(16-6-5-7-18(12-16)27-2)14-17(25)13-21-22(23)19-8-3-4-9-20(19)24-21/h3-9,12,17,24H,10-11,13-14H2,1-2H3/t17-,23-/m1/s1. The maximum absolute atomic E-state index is 12.2. The molecule has 1 saturated heterocycles. The highest BCUT2D eigenvalue weighted by atomic mass is 16.5. The van der Waals surface area contributed by atoms with E-state index in [-0.39, 0.29) is 17.4 Å². The molecule has 1 fully saturated rings. The van der Waals surface area contributed by atoms with E-state index in [1.807, 2.05) is 6.07 Å². The molecule has 1 N–H and O–H groups in total. The SMILES string of the molecule is COc1cccc([C@]23CCN(C(C)=O)[C@H](Cc4[nH]c5ccccc5c42)C3)c1. The van der Waals surface area contributed by atoms with E-state index >= 15 is 0 Å². The maximum atomic E-state index is 12.2. The molecule has 2 bridgehead atoms. The Balaban J connectivity index is 1.77. The first-order valence-corrected chi connectivity index (χ1v) is 9.64. The van der Waals surface area contributed by atoms with Crippen molar-refractivity contribution >= 4 is 16.8 Å². The van der Waals surface area contributed by atoms with Crippen LogP contribution in [-0.2, 0) is 16.6 Å². The van der Waals surface area contributed by atoms with Crippen LogP contribution in [0.15, 0.2) is 48.5 Å². The fraction of sp³-hybridized carbons (Fsp3) is 0.348. The number of carbonyl (C=O) groups is 1. The van der Waals surface area contributed by atoms with Crippen molar-refractivity contribution in [1.82, 2.24) is 9.88 Å². The van der Waals surface area contributed by atoms with Crippen LogP contribution in [0.1, 0.15) is 36.6 Å². The molecule has 1 aromatic heterocycles. The minimum absolute atomic E-state index is 0.0850. The van der Waals surface area contributed by atoms with Gasteiger partial charge in [-0.1, -0.05) is 30.3 Å². The van der Waals surface area contributed by atoms with Gasteiger partial charge in [-0.15, -0.1) is 0 Å². The summed E-state index contributed by atoms with van der Waals surface area (Å²) in [5, 5.41) is 1.31.